The lowest BCUT2D eigenvalue weighted by atomic mass is 9.85. The normalized spacial score (nSPS) is 13.2. The van der Waals surface area contributed by atoms with Gasteiger partial charge in [0, 0.05) is 29.4 Å². The van der Waals surface area contributed by atoms with Gasteiger partial charge >= 0.3 is 5.97 Å². The summed E-state index contributed by atoms with van der Waals surface area (Å²) in [6, 6.07) is 24.5. The van der Waals surface area contributed by atoms with Crippen LogP contribution in [0.5, 0.6) is 23.0 Å². The molecule has 2 N–H and O–H groups in total. The van der Waals surface area contributed by atoms with Gasteiger partial charge in [0.25, 0.3) is 0 Å². The molecule has 1 aliphatic rings. The zero-order valence-corrected chi connectivity index (χ0v) is 24.8. The third kappa shape index (κ3) is 5.77. The van der Waals surface area contributed by atoms with Crippen LogP contribution in [0, 0.1) is 0 Å². The Morgan fingerprint density at radius 1 is 0.810 bits per heavy atom. The maximum Gasteiger partial charge on any atom is 0.347 e. The first-order chi connectivity index (χ1) is 20.2. The fraction of sp³-hybridized carbons (Fsp3) is 0.229. The van der Waals surface area contributed by atoms with Crippen molar-refractivity contribution in [3.8, 4) is 34.1 Å². The van der Waals surface area contributed by atoms with Crippen molar-refractivity contribution < 1.29 is 23.7 Å². The zero-order chi connectivity index (χ0) is 29.9. The Labute approximate surface area is 247 Å². The van der Waals surface area contributed by atoms with E-state index in [4.69, 9.17) is 18.9 Å². The highest BCUT2D eigenvalue weighted by Gasteiger charge is 2.27. The SMILES string of the molecule is COc1ccccc1NCc1c(-c2ccc(OC(=O)c3ccccc3OC)cc2OC)ccc2c1C(C)=CC(C)(C)N2. The number of esters is 1. The standard InChI is InChI=1S/C35H36N2O5/c1-22-20-35(2,3)37-29-18-17-24(27(33(22)29)21-36-28-12-8-10-14-31(28)40-5)25-16-15-23(19-32(25)41-6)42-34(38)26-11-7-9-13-30(26)39-4/h7-20,36-37H,21H2,1-6H3. The lowest BCUT2D eigenvalue weighted by molar-refractivity contribution is 0.0731. The van der Waals surface area contributed by atoms with E-state index in [1.54, 1.807) is 50.6 Å². The molecule has 4 aromatic rings. The molecule has 0 aromatic heterocycles. The first-order valence-electron chi connectivity index (χ1n) is 13.8. The van der Waals surface area contributed by atoms with Gasteiger partial charge in [0.2, 0.25) is 0 Å². The smallest absolute Gasteiger partial charge is 0.347 e. The van der Waals surface area contributed by atoms with E-state index in [0.717, 1.165) is 39.4 Å². The van der Waals surface area contributed by atoms with Gasteiger partial charge in [-0.3, -0.25) is 0 Å². The fourth-order valence-corrected chi connectivity index (χ4v) is 5.54. The highest BCUT2D eigenvalue weighted by atomic mass is 16.5. The number of methoxy groups -OCH3 is 3. The molecule has 0 unspecified atom stereocenters. The Morgan fingerprint density at radius 3 is 2.21 bits per heavy atom. The van der Waals surface area contributed by atoms with E-state index >= 15 is 0 Å². The minimum absolute atomic E-state index is 0.170. The maximum absolute atomic E-state index is 12.9. The van der Waals surface area contributed by atoms with Crippen LogP contribution in [0.3, 0.4) is 0 Å². The van der Waals surface area contributed by atoms with Gasteiger partial charge in [0.15, 0.2) is 0 Å². The second-order valence-corrected chi connectivity index (χ2v) is 10.7. The van der Waals surface area contributed by atoms with Crippen LogP contribution in [-0.2, 0) is 6.54 Å². The Bertz CT molecular complexity index is 1660. The number of para-hydroxylation sites is 3. The van der Waals surface area contributed by atoms with Gasteiger partial charge in [-0.05, 0) is 79.9 Å². The van der Waals surface area contributed by atoms with E-state index < -0.39 is 5.97 Å². The van der Waals surface area contributed by atoms with Gasteiger partial charge in [0.1, 0.15) is 28.6 Å². The Balaban J connectivity index is 1.55. The second-order valence-electron chi connectivity index (χ2n) is 10.7. The van der Waals surface area contributed by atoms with Crippen LogP contribution in [-0.4, -0.2) is 32.8 Å². The molecule has 1 aliphatic heterocycles. The molecule has 0 radical (unpaired) electrons. The molecule has 4 aromatic carbocycles. The number of allylic oxidation sites excluding steroid dienone is 1. The lowest BCUT2D eigenvalue weighted by Gasteiger charge is -2.33. The van der Waals surface area contributed by atoms with Crippen LogP contribution < -0.4 is 29.6 Å². The molecule has 0 bridgehead atoms. The maximum atomic E-state index is 12.9. The lowest BCUT2D eigenvalue weighted by Crippen LogP contribution is -2.32. The summed E-state index contributed by atoms with van der Waals surface area (Å²) in [7, 11) is 4.81. The van der Waals surface area contributed by atoms with Gasteiger partial charge in [-0.1, -0.05) is 36.4 Å². The molecule has 216 valence electrons. The first kappa shape index (κ1) is 28.6. The van der Waals surface area contributed by atoms with Gasteiger partial charge in [-0.25, -0.2) is 4.79 Å². The monoisotopic (exact) mass is 564 g/mol. The van der Waals surface area contributed by atoms with E-state index in [2.05, 4.69) is 49.6 Å². The number of benzene rings is 4. The van der Waals surface area contributed by atoms with Crippen LogP contribution in [0.4, 0.5) is 11.4 Å². The number of ether oxygens (including phenoxy) is 4. The number of hydrogen-bond acceptors (Lipinski definition) is 7. The molecular formula is C35H36N2O5. The highest BCUT2D eigenvalue weighted by molar-refractivity contribution is 5.94. The Kier molecular flexibility index (Phi) is 8.11. The molecule has 0 saturated carbocycles. The summed E-state index contributed by atoms with van der Waals surface area (Å²) in [5.41, 5.74) is 7.47. The summed E-state index contributed by atoms with van der Waals surface area (Å²) >= 11 is 0. The van der Waals surface area contributed by atoms with Crippen LogP contribution >= 0.6 is 0 Å². The minimum Gasteiger partial charge on any atom is -0.496 e. The fourth-order valence-electron chi connectivity index (χ4n) is 5.54. The molecule has 7 heteroatoms. The van der Waals surface area contributed by atoms with E-state index in [9.17, 15) is 4.79 Å². The molecule has 0 atom stereocenters. The van der Waals surface area contributed by atoms with Crippen molar-refractivity contribution in [2.75, 3.05) is 32.0 Å². The van der Waals surface area contributed by atoms with E-state index in [1.807, 2.05) is 30.3 Å². The summed E-state index contributed by atoms with van der Waals surface area (Å²) in [5, 5.41) is 7.25. The summed E-state index contributed by atoms with van der Waals surface area (Å²) in [4.78, 5) is 12.9. The van der Waals surface area contributed by atoms with Crippen LogP contribution in [0.25, 0.3) is 16.7 Å². The average molecular weight is 565 g/mol. The molecule has 7 nitrogen and oxygen atoms in total. The Hall–Kier alpha value is -4.91. The molecule has 0 spiro atoms. The molecule has 1 heterocycles. The van der Waals surface area contributed by atoms with Gasteiger partial charge in [-0.2, -0.15) is 0 Å². The number of nitrogens with one attached hydrogen (secondary N) is 2. The predicted molar refractivity (Wildman–Crippen MR) is 168 cm³/mol. The summed E-state index contributed by atoms with van der Waals surface area (Å²) in [6.07, 6.45) is 2.25. The predicted octanol–water partition coefficient (Wildman–Crippen LogP) is 7.82. The summed E-state index contributed by atoms with van der Waals surface area (Å²) < 4.78 is 22.5. The highest BCUT2D eigenvalue weighted by Crippen LogP contribution is 2.43. The molecule has 5 rings (SSSR count). The first-order valence-corrected chi connectivity index (χ1v) is 13.8. The van der Waals surface area contributed by atoms with Crippen molar-refractivity contribution in [2.24, 2.45) is 0 Å². The topological polar surface area (TPSA) is 78.1 Å². The summed E-state index contributed by atoms with van der Waals surface area (Å²) in [6.45, 7) is 7.01. The number of fused-ring (bicyclic) bond motifs is 1. The number of anilines is 2. The van der Waals surface area contributed by atoms with Crippen molar-refractivity contribution in [3.63, 3.8) is 0 Å². The molecule has 0 saturated heterocycles. The third-order valence-electron chi connectivity index (χ3n) is 7.30. The summed E-state index contributed by atoms with van der Waals surface area (Å²) in [5.74, 6) is 1.68. The van der Waals surface area contributed by atoms with Gasteiger partial charge < -0.3 is 29.6 Å². The average Bonchev–Trinajstić information content (AvgIpc) is 2.99. The number of rotatable bonds is 9. The van der Waals surface area contributed by atoms with Crippen molar-refractivity contribution in [1.29, 1.82) is 0 Å². The van der Waals surface area contributed by atoms with Crippen LogP contribution in [0.1, 0.15) is 42.3 Å². The number of hydrogen-bond donors (Lipinski definition) is 2. The third-order valence-corrected chi connectivity index (χ3v) is 7.30. The van der Waals surface area contributed by atoms with Crippen molar-refractivity contribution in [2.45, 2.75) is 32.9 Å². The van der Waals surface area contributed by atoms with Crippen molar-refractivity contribution in [1.82, 2.24) is 0 Å². The quantitative estimate of drug-likeness (QED) is 0.159. The van der Waals surface area contributed by atoms with Gasteiger partial charge in [-0.15, -0.1) is 0 Å². The molecule has 0 aliphatic carbocycles. The number of carbonyl (C=O) groups is 1. The minimum atomic E-state index is -0.507. The molecule has 42 heavy (non-hydrogen) atoms. The largest absolute Gasteiger partial charge is 0.496 e. The van der Waals surface area contributed by atoms with Crippen LogP contribution in [0.15, 0.2) is 84.9 Å². The van der Waals surface area contributed by atoms with E-state index in [0.29, 0.717) is 29.4 Å². The van der Waals surface area contributed by atoms with Crippen molar-refractivity contribution >= 4 is 22.9 Å². The van der Waals surface area contributed by atoms with Crippen molar-refractivity contribution in [3.05, 3.63) is 102 Å². The van der Waals surface area contributed by atoms with E-state index in [-0.39, 0.29) is 5.54 Å². The van der Waals surface area contributed by atoms with Gasteiger partial charge in [0.05, 0.1) is 32.6 Å². The molecule has 0 fully saturated rings. The second kappa shape index (κ2) is 11.9. The molecule has 0 amide bonds. The Morgan fingerprint density at radius 2 is 1.48 bits per heavy atom. The number of carbonyl (C=O) groups excluding carboxylic acids is 1. The zero-order valence-electron chi connectivity index (χ0n) is 24.8. The van der Waals surface area contributed by atoms with Crippen LogP contribution in [0.2, 0.25) is 0 Å². The molecular weight excluding hydrogens is 528 g/mol. The van der Waals surface area contributed by atoms with E-state index in [1.165, 1.54) is 12.7 Å².